The summed E-state index contributed by atoms with van der Waals surface area (Å²) in [4.78, 5) is 54.5. The van der Waals surface area contributed by atoms with E-state index in [1.807, 2.05) is 43.6 Å². The number of aliphatic carboxylic acids is 1. The summed E-state index contributed by atoms with van der Waals surface area (Å²) in [5, 5.41) is 18.7. The minimum Gasteiger partial charge on any atom is -0.480 e. The number of thioether (sulfide) groups is 1. The first-order valence-electron chi connectivity index (χ1n) is 13.8. The first-order chi connectivity index (χ1) is 19.1. The number of H-pyrrole nitrogens is 1. The Morgan fingerprint density at radius 1 is 1.00 bits per heavy atom. The number of amides is 3. The van der Waals surface area contributed by atoms with Crippen molar-refractivity contribution in [3.05, 3.63) is 36.0 Å². The van der Waals surface area contributed by atoms with Crippen molar-refractivity contribution in [2.24, 2.45) is 17.4 Å². The molecular weight excluding hydrogens is 532 g/mol. The molecule has 1 aromatic heterocycles. The van der Waals surface area contributed by atoms with Gasteiger partial charge in [0.05, 0.1) is 6.04 Å². The van der Waals surface area contributed by atoms with Crippen molar-refractivity contribution in [1.29, 1.82) is 0 Å². The number of carbonyl (C=O) groups excluding carboxylic acids is 3. The number of aromatic nitrogens is 1. The molecule has 5 atom stereocenters. The Balaban J connectivity index is 2.11. The highest BCUT2D eigenvalue weighted by Gasteiger charge is 2.32. The molecule has 2 rings (SSSR count). The Hall–Kier alpha value is -3.09. The number of fused-ring (bicyclic) bond motifs is 1. The van der Waals surface area contributed by atoms with Crippen molar-refractivity contribution in [1.82, 2.24) is 20.9 Å². The summed E-state index contributed by atoms with van der Waals surface area (Å²) < 4.78 is 0. The van der Waals surface area contributed by atoms with E-state index in [9.17, 15) is 24.3 Å². The molecule has 0 aliphatic heterocycles. The van der Waals surface area contributed by atoms with Gasteiger partial charge in [0.1, 0.15) is 18.1 Å². The van der Waals surface area contributed by atoms with Crippen LogP contribution in [0.4, 0.5) is 0 Å². The van der Waals surface area contributed by atoms with E-state index >= 15 is 0 Å². The lowest BCUT2D eigenvalue weighted by molar-refractivity contribution is -0.143. The van der Waals surface area contributed by atoms with Crippen LogP contribution in [0.5, 0.6) is 0 Å². The van der Waals surface area contributed by atoms with Crippen LogP contribution in [0.1, 0.15) is 51.5 Å². The van der Waals surface area contributed by atoms with E-state index in [1.54, 1.807) is 6.92 Å². The van der Waals surface area contributed by atoms with Gasteiger partial charge < -0.3 is 37.5 Å². The van der Waals surface area contributed by atoms with Gasteiger partial charge in [0, 0.05) is 17.1 Å². The van der Waals surface area contributed by atoms with Crippen molar-refractivity contribution in [2.75, 3.05) is 18.6 Å². The zero-order valence-corrected chi connectivity index (χ0v) is 24.4. The Kier molecular flexibility index (Phi) is 14.0. The van der Waals surface area contributed by atoms with Crippen LogP contribution in [0, 0.1) is 5.92 Å². The number of rotatable bonds is 18. The Labute approximate surface area is 240 Å². The fraction of sp³-hybridized carbons (Fsp3) is 0.571. The molecule has 5 unspecified atom stereocenters. The smallest absolute Gasteiger partial charge is 0.326 e. The number of nitrogens with two attached hydrogens (primary N) is 2. The van der Waals surface area contributed by atoms with E-state index in [0.29, 0.717) is 38.0 Å². The second-order valence-electron chi connectivity index (χ2n) is 10.1. The summed E-state index contributed by atoms with van der Waals surface area (Å²) in [6.07, 6.45) is 6.34. The van der Waals surface area contributed by atoms with Gasteiger partial charge in [-0.05, 0) is 68.2 Å². The monoisotopic (exact) mass is 576 g/mol. The summed E-state index contributed by atoms with van der Waals surface area (Å²) in [6.45, 7) is 4.12. The SMILES string of the molecule is CCC(C)C(NC(=O)C(CCSC)NC(=O)C(N)Cc1c[nH]c2ccccc12)C(=O)NC(CCCCN)C(=O)O. The van der Waals surface area contributed by atoms with E-state index in [2.05, 4.69) is 20.9 Å². The van der Waals surface area contributed by atoms with Gasteiger partial charge in [0.2, 0.25) is 17.7 Å². The summed E-state index contributed by atoms with van der Waals surface area (Å²) in [7, 11) is 0. The Morgan fingerprint density at radius 2 is 1.70 bits per heavy atom. The third-order valence-electron chi connectivity index (χ3n) is 7.05. The standard InChI is InChI=1S/C28H44N6O5S/c1-4-17(2)24(27(37)33-23(28(38)39)11-7-8-13-29)34-26(36)22(12-14-40-3)32-25(35)20(30)15-18-16-31-21-10-6-5-9-19(18)21/h5-6,9-10,16-17,20,22-24,31H,4,7-8,11-15,29-30H2,1-3H3,(H,32,35)(H,33,37)(H,34,36)(H,38,39). The highest BCUT2D eigenvalue weighted by molar-refractivity contribution is 7.98. The minimum atomic E-state index is -1.14. The molecule has 0 aliphatic rings. The average Bonchev–Trinajstić information content (AvgIpc) is 3.35. The Morgan fingerprint density at radius 3 is 2.35 bits per heavy atom. The lowest BCUT2D eigenvalue weighted by Crippen LogP contribution is -2.58. The molecule has 0 spiro atoms. The van der Waals surface area contributed by atoms with Crippen LogP contribution in [0.15, 0.2) is 30.5 Å². The second kappa shape index (κ2) is 16.9. The number of hydrogen-bond acceptors (Lipinski definition) is 7. The van der Waals surface area contributed by atoms with Gasteiger partial charge >= 0.3 is 5.97 Å². The fourth-order valence-corrected chi connectivity index (χ4v) is 4.85. The third-order valence-corrected chi connectivity index (χ3v) is 7.69. The molecule has 12 heteroatoms. The maximum Gasteiger partial charge on any atom is 0.326 e. The predicted octanol–water partition coefficient (Wildman–Crippen LogP) is 1.50. The van der Waals surface area contributed by atoms with Crippen molar-refractivity contribution >= 4 is 46.4 Å². The van der Waals surface area contributed by atoms with Gasteiger partial charge in [0.15, 0.2) is 0 Å². The molecule has 222 valence electrons. The molecule has 0 saturated heterocycles. The number of benzene rings is 1. The average molecular weight is 577 g/mol. The van der Waals surface area contributed by atoms with Gasteiger partial charge in [-0.1, -0.05) is 38.5 Å². The second-order valence-corrected chi connectivity index (χ2v) is 11.1. The fourth-order valence-electron chi connectivity index (χ4n) is 4.38. The number of carbonyl (C=O) groups is 4. The van der Waals surface area contributed by atoms with Crippen LogP contribution >= 0.6 is 11.8 Å². The first-order valence-corrected chi connectivity index (χ1v) is 15.2. The molecular formula is C28H44N6O5S. The normalized spacial score (nSPS) is 15.0. The van der Waals surface area contributed by atoms with E-state index in [-0.39, 0.29) is 18.8 Å². The number of aromatic amines is 1. The van der Waals surface area contributed by atoms with Gasteiger partial charge in [-0.3, -0.25) is 14.4 Å². The molecule has 2 aromatic rings. The first kappa shape index (κ1) is 33.1. The molecule has 0 fully saturated rings. The molecule has 9 N–H and O–H groups in total. The van der Waals surface area contributed by atoms with E-state index < -0.39 is 47.9 Å². The summed E-state index contributed by atoms with van der Waals surface area (Å²) >= 11 is 1.52. The van der Waals surface area contributed by atoms with Gasteiger partial charge in [-0.2, -0.15) is 11.8 Å². The van der Waals surface area contributed by atoms with Crippen LogP contribution in [-0.2, 0) is 25.6 Å². The lowest BCUT2D eigenvalue weighted by Gasteiger charge is -2.28. The summed E-state index contributed by atoms with van der Waals surface area (Å²) in [5.74, 6) is -2.39. The quantitative estimate of drug-likeness (QED) is 0.130. The van der Waals surface area contributed by atoms with Crippen molar-refractivity contribution in [2.45, 2.75) is 76.5 Å². The Bertz CT molecular complexity index is 1130. The maximum atomic E-state index is 13.4. The van der Waals surface area contributed by atoms with E-state index in [0.717, 1.165) is 16.5 Å². The van der Waals surface area contributed by atoms with E-state index in [4.69, 9.17) is 11.5 Å². The summed E-state index contributed by atoms with van der Waals surface area (Å²) in [6, 6.07) is 3.87. The molecule has 0 saturated carbocycles. The van der Waals surface area contributed by atoms with Crippen LogP contribution in [-0.4, -0.2) is 76.5 Å². The number of nitrogens with one attached hydrogen (secondary N) is 4. The van der Waals surface area contributed by atoms with Gasteiger partial charge in [-0.25, -0.2) is 4.79 Å². The summed E-state index contributed by atoms with van der Waals surface area (Å²) in [5.41, 5.74) is 13.6. The van der Waals surface area contributed by atoms with Crippen LogP contribution in [0.3, 0.4) is 0 Å². The molecule has 0 aliphatic carbocycles. The van der Waals surface area contributed by atoms with Crippen LogP contribution < -0.4 is 27.4 Å². The topological polar surface area (TPSA) is 192 Å². The largest absolute Gasteiger partial charge is 0.480 e. The molecule has 0 bridgehead atoms. The maximum absolute atomic E-state index is 13.4. The highest BCUT2D eigenvalue weighted by Crippen LogP contribution is 2.19. The number of carboxylic acid groups (broad SMARTS) is 1. The number of unbranched alkanes of at least 4 members (excludes halogenated alkanes) is 1. The number of carboxylic acids is 1. The predicted molar refractivity (Wildman–Crippen MR) is 159 cm³/mol. The minimum absolute atomic E-state index is 0.236. The van der Waals surface area contributed by atoms with Crippen LogP contribution in [0.25, 0.3) is 10.9 Å². The third kappa shape index (κ3) is 9.83. The van der Waals surface area contributed by atoms with Gasteiger partial charge in [-0.15, -0.1) is 0 Å². The molecule has 40 heavy (non-hydrogen) atoms. The van der Waals surface area contributed by atoms with Crippen molar-refractivity contribution in [3.63, 3.8) is 0 Å². The molecule has 3 amide bonds. The van der Waals surface area contributed by atoms with Crippen LogP contribution in [0.2, 0.25) is 0 Å². The van der Waals surface area contributed by atoms with Crippen molar-refractivity contribution in [3.8, 4) is 0 Å². The molecule has 1 heterocycles. The lowest BCUT2D eigenvalue weighted by atomic mass is 9.97. The highest BCUT2D eigenvalue weighted by atomic mass is 32.2. The van der Waals surface area contributed by atoms with Gasteiger partial charge in [0.25, 0.3) is 0 Å². The number of hydrogen-bond donors (Lipinski definition) is 7. The molecule has 1 aromatic carbocycles. The number of para-hydroxylation sites is 1. The molecule has 11 nitrogen and oxygen atoms in total. The molecule has 0 radical (unpaired) electrons. The zero-order valence-electron chi connectivity index (χ0n) is 23.6. The van der Waals surface area contributed by atoms with Crippen molar-refractivity contribution < 1.29 is 24.3 Å². The zero-order chi connectivity index (χ0) is 29.7. The van der Waals surface area contributed by atoms with E-state index in [1.165, 1.54) is 11.8 Å².